The molecule has 0 N–H and O–H groups in total. The van der Waals surface area contributed by atoms with E-state index in [0.717, 1.165) is 22.3 Å². The molecule has 2 aliphatic rings. The lowest BCUT2D eigenvalue weighted by Crippen LogP contribution is -2.05. The van der Waals surface area contributed by atoms with Gasteiger partial charge in [0.25, 0.3) is 5.43 Å². The van der Waals surface area contributed by atoms with Crippen molar-refractivity contribution in [3.63, 3.8) is 0 Å². The van der Waals surface area contributed by atoms with Crippen LogP contribution in [-0.2, 0) is 4.79 Å². The van der Waals surface area contributed by atoms with E-state index in [0.29, 0.717) is 6.42 Å². The Kier molecular flexibility index (Phi) is 3.98. The third-order valence-corrected chi connectivity index (χ3v) is 3.81. The van der Waals surface area contributed by atoms with E-state index in [1.54, 1.807) is 24.3 Å². The second kappa shape index (κ2) is 6.08. The summed E-state index contributed by atoms with van der Waals surface area (Å²) in [5.74, 6) is 0.400. The van der Waals surface area contributed by atoms with Gasteiger partial charge in [-0.2, -0.15) is 0 Å². The van der Waals surface area contributed by atoms with Crippen LogP contribution in [0.2, 0.25) is 0 Å². The number of ketones is 1. The number of rotatable bonds is 2. The molecule has 0 amide bonds. The van der Waals surface area contributed by atoms with Gasteiger partial charge in [0.15, 0.2) is 17.3 Å². The first-order chi connectivity index (χ1) is 11.1. The Bertz CT molecular complexity index is 789. The molecule has 0 aliphatic heterocycles. The van der Waals surface area contributed by atoms with E-state index in [4.69, 9.17) is 9.47 Å². The average Bonchev–Trinajstić information content (AvgIpc) is 2.78. The van der Waals surface area contributed by atoms with E-state index in [-0.39, 0.29) is 22.7 Å². The molecular formula is C19H16O4. The van der Waals surface area contributed by atoms with Gasteiger partial charge in [-0.05, 0) is 53.0 Å². The molecule has 4 nitrogen and oxygen atoms in total. The lowest BCUT2D eigenvalue weighted by atomic mass is 10.0. The second-order valence-corrected chi connectivity index (χ2v) is 5.35. The standard InChI is InChI=1S/C19H16O4/c1-22-17-10-14-8-12-3-5-16(20)6-4-13(7-12)9-15(14)11-18(23-2)19(17)21/h3-6,8-11H,7H2,1-2H3. The fraction of sp³-hybridized carbons (Fsp3) is 0.158. The SMILES string of the molecule is COc1cc2c(cc(OC)c1=O)C=C1C=CC(=O)C=CC(=C2)C1. The summed E-state index contributed by atoms with van der Waals surface area (Å²) in [6.45, 7) is 0. The van der Waals surface area contributed by atoms with Crippen molar-refractivity contribution in [1.29, 1.82) is 0 Å². The normalized spacial score (nSPS) is 15.7. The number of allylic oxidation sites excluding steroid dienone is 6. The van der Waals surface area contributed by atoms with Crippen LogP contribution in [-0.4, -0.2) is 20.0 Å². The van der Waals surface area contributed by atoms with Gasteiger partial charge < -0.3 is 9.47 Å². The highest BCUT2D eigenvalue weighted by Gasteiger charge is 2.14. The Balaban J connectivity index is 2.33. The number of ether oxygens (including phenoxy) is 2. The molecule has 0 saturated carbocycles. The van der Waals surface area contributed by atoms with Gasteiger partial charge in [0, 0.05) is 0 Å². The Labute approximate surface area is 134 Å². The van der Waals surface area contributed by atoms with Gasteiger partial charge in [-0.25, -0.2) is 0 Å². The summed E-state index contributed by atoms with van der Waals surface area (Å²) in [5, 5.41) is 0. The van der Waals surface area contributed by atoms with Crippen molar-refractivity contribution < 1.29 is 14.3 Å². The van der Waals surface area contributed by atoms with Crippen LogP contribution in [0.1, 0.15) is 17.5 Å². The van der Waals surface area contributed by atoms with Gasteiger partial charge in [0.2, 0.25) is 0 Å². The van der Waals surface area contributed by atoms with Crippen LogP contribution in [0.4, 0.5) is 0 Å². The predicted molar refractivity (Wildman–Crippen MR) is 89.7 cm³/mol. The Morgan fingerprint density at radius 3 is 1.70 bits per heavy atom. The molecular weight excluding hydrogens is 292 g/mol. The summed E-state index contributed by atoms with van der Waals surface area (Å²) in [6, 6.07) is 3.41. The van der Waals surface area contributed by atoms with Crippen molar-refractivity contribution >= 4 is 17.9 Å². The van der Waals surface area contributed by atoms with Crippen molar-refractivity contribution in [2.24, 2.45) is 0 Å². The zero-order valence-corrected chi connectivity index (χ0v) is 13.0. The molecule has 0 heterocycles. The molecule has 0 fully saturated rings. The number of carbonyl (C=O) groups excluding carboxylic acids is 1. The molecule has 1 aromatic rings. The zero-order valence-electron chi connectivity index (χ0n) is 13.0. The van der Waals surface area contributed by atoms with E-state index in [1.165, 1.54) is 14.2 Å². The Morgan fingerprint density at radius 1 is 0.783 bits per heavy atom. The van der Waals surface area contributed by atoms with Crippen molar-refractivity contribution in [1.82, 2.24) is 0 Å². The summed E-state index contributed by atoms with van der Waals surface area (Å²) in [7, 11) is 2.92. The molecule has 23 heavy (non-hydrogen) atoms. The highest BCUT2D eigenvalue weighted by atomic mass is 16.5. The topological polar surface area (TPSA) is 52.6 Å². The van der Waals surface area contributed by atoms with Crippen LogP contribution in [0.25, 0.3) is 12.2 Å². The van der Waals surface area contributed by atoms with Crippen LogP contribution in [0.5, 0.6) is 11.5 Å². The molecule has 0 aromatic heterocycles. The molecule has 0 spiro atoms. The molecule has 2 bridgehead atoms. The van der Waals surface area contributed by atoms with Gasteiger partial charge >= 0.3 is 0 Å². The number of hydrogen-bond donors (Lipinski definition) is 0. The van der Waals surface area contributed by atoms with Crippen LogP contribution >= 0.6 is 0 Å². The molecule has 116 valence electrons. The van der Waals surface area contributed by atoms with E-state index in [1.807, 2.05) is 24.3 Å². The van der Waals surface area contributed by atoms with E-state index < -0.39 is 0 Å². The summed E-state index contributed by atoms with van der Waals surface area (Å²) in [4.78, 5) is 24.0. The first-order valence-corrected chi connectivity index (χ1v) is 7.22. The minimum atomic E-state index is -0.290. The maximum Gasteiger partial charge on any atom is 0.261 e. The Morgan fingerprint density at radius 2 is 1.26 bits per heavy atom. The number of methoxy groups -OCH3 is 2. The summed E-state index contributed by atoms with van der Waals surface area (Å²) >= 11 is 0. The third kappa shape index (κ3) is 3.01. The minimum Gasteiger partial charge on any atom is -0.492 e. The maximum atomic E-state index is 12.3. The highest BCUT2D eigenvalue weighted by molar-refractivity contribution is 6.00. The van der Waals surface area contributed by atoms with E-state index in [9.17, 15) is 9.59 Å². The number of carbonyl (C=O) groups is 1. The van der Waals surface area contributed by atoms with Gasteiger partial charge in [-0.15, -0.1) is 0 Å². The zero-order chi connectivity index (χ0) is 16.4. The molecule has 0 unspecified atom stereocenters. The lowest BCUT2D eigenvalue weighted by molar-refractivity contribution is -0.110. The molecule has 3 rings (SSSR count). The van der Waals surface area contributed by atoms with Crippen LogP contribution in [0.3, 0.4) is 0 Å². The van der Waals surface area contributed by atoms with E-state index >= 15 is 0 Å². The first kappa shape index (κ1) is 15.0. The molecule has 1 aromatic carbocycles. The summed E-state index contributed by atoms with van der Waals surface area (Å²) in [5.41, 5.74) is 3.39. The Hall–Kier alpha value is -2.88. The van der Waals surface area contributed by atoms with Gasteiger partial charge in [0.05, 0.1) is 14.2 Å². The lowest BCUT2D eigenvalue weighted by Gasteiger charge is -2.03. The number of fused-ring (bicyclic) bond motifs is 3. The largest absolute Gasteiger partial charge is 0.492 e. The molecule has 2 aliphatic carbocycles. The van der Waals surface area contributed by atoms with Gasteiger partial charge in [-0.1, -0.05) is 24.3 Å². The highest BCUT2D eigenvalue weighted by Crippen LogP contribution is 2.30. The fourth-order valence-corrected chi connectivity index (χ4v) is 2.64. The molecule has 0 radical (unpaired) electrons. The average molecular weight is 308 g/mol. The van der Waals surface area contributed by atoms with Crippen LogP contribution < -0.4 is 14.9 Å². The summed E-state index contributed by atoms with van der Waals surface area (Å²) < 4.78 is 10.4. The molecule has 0 saturated heterocycles. The van der Waals surface area contributed by atoms with Gasteiger partial charge in [-0.3, -0.25) is 9.59 Å². The van der Waals surface area contributed by atoms with Crippen LogP contribution in [0.15, 0.2) is 52.4 Å². The number of hydrogen-bond acceptors (Lipinski definition) is 4. The van der Waals surface area contributed by atoms with E-state index in [2.05, 4.69) is 0 Å². The van der Waals surface area contributed by atoms with Crippen LogP contribution in [0, 0.1) is 0 Å². The molecule has 4 heteroatoms. The monoisotopic (exact) mass is 308 g/mol. The van der Waals surface area contributed by atoms with Crippen molar-refractivity contribution in [2.45, 2.75) is 6.42 Å². The maximum absolute atomic E-state index is 12.3. The smallest absolute Gasteiger partial charge is 0.261 e. The third-order valence-electron chi connectivity index (χ3n) is 3.81. The minimum absolute atomic E-state index is 0.0463. The van der Waals surface area contributed by atoms with Gasteiger partial charge in [0.1, 0.15) is 0 Å². The molecule has 0 atom stereocenters. The predicted octanol–water partition coefficient (Wildman–Crippen LogP) is 2.93. The first-order valence-electron chi connectivity index (χ1n) is 7.22. The second-order valence-electron chi connectivity index (χ2n) is 5.35. The summed E-state index contributed by atoms with van der Waals surface area (Å²) in [6.07, 6.45) is 11.3. The quantitative estimate of drug-likeness (QED) is 0.843. The van der Waals surface area contributed by atoms with Crippen molar-refractivity contribution in [3.8, 4) is 11.5 Å². The van der Waals surface area contributed by atoms with Crippen molar-refractivity contribution in [3.05, 3.63) is 68.9 Å². The van der Waals surface area contributed by atoms with Crippen molar-refractivity contribution in [2.75, 3.05) is 14.2 Å². The fourth-order valence-electron chi connectivity index (χ4n) is 2.64.